The van der Waals surface area contributed by atoms with Crippen LogP contribution in [0.3, 0.4) is 0 Å². The molecule has 1 atom stereocenters. The second-order valence-corrected chi connectivity index (χ2v) is 3.33. The SMILES string of the molecule is CNc1ccc2[nH]c(=O)ccc2c1[NH+]([O-])O. The van der Waals surface area contributed by atoms with Gasteiger partial charge in [0.2, 0.25) is 5.56 Å². The first-order valence-corrected chi connectivity index (χ1v) is 4.70. The van der Waals surface area contributed by atoms with Crippen LogP contribution < -0.4 is 16.1 Å². The Balaban J connectivity index is 2.84. The molecule has 0 spiro atoms. The van der Waals surface area contributed by atoms with Gasteiger partial charge in [-0.3, -0.25) is 4.79 Å². The van der Waals surface area contributed by atoms with Crippen LogP contribution in [0.4, 0.5) is 11.4 Å². The number of hydrogen-bond acceptors (Lipinski definition) is 4. The van der Waals surface area contributed by atoms with E-state index in [0.717, 1.165) is 0 Å². The van der Waals surface area contributed by atoms with Gasteiger partial charge in [0.1, 0.15) is 5.69 Å². The summed E-state index contributed by atoms with van der Waals surface area (Å²) in [5.41, 5.74) is 0.952. The smallest absolute Gasteiger partial charge is 0.248 e. The molecule has 0 amide bonds. The van der Waals surface area contributed by atoms with Gasteiger partial charge in [-0.05, 0) is 18.2 Å². The van der Waals surface area contributed by atoms with Crippen LogP contribution in [0.15, 0.2) is 29.1 Å². The lowest BCUT2D eigenvalue weighted by atomic mass is 10.1. The fourth-order valence-electron chi connectivity index (χ4n) is 1.67. The Labute approximate surface area is 90.7 Å². The Morgan fingerprint density at radius 3 is 2.75 bits per heavy atom. The number of hydrogen-bond donors (Lipinski definition) is 4. The van der Waals surface area contributed by atoms with E-state index >= 15 is 0 Å². The van der Waals surface area contributed by atoms with E-state index < -0.39 is 5.23 Å². The second-order valence-electron chi connectivity index (χ2n) is 3.33. The molecule has 84 valence electrons. The minimum atomic E-state index is -1.03. The molecule has 0 saturated carbocycles. The molecule has 6 heteroatoms. The first-order valence-electron chi connectivity index (χ1n) is 4.70. The summed E-state index contributed by atoms with van der Waals surface area (Å²) in [4.78, 5) is 13.7. The fourth-order valence-corrected chi connectivity index (χ4v) is 1.67. The maximum absolute atomic E-state index is 11.1. The van der Waals surface area contributed by atoms with E-state index in [1.165, 1.54) is 12.1 Å². The number of quaternary nitrogens is 1. The predicted molar refractivity (Wildman–Crippen MR) is 59.9 cm³/mol. The third-order valence-corrected chi connectivity index (χ3v) is 2.39. The van der Waals surface area contributed by atoms with E-state index in [0.29, 0.717) is 16.6 Å². The largest absolute Gasteiger partial charge is 0.595 e. The maximum atomic E-state index is 11.1. The molecule has 0 saturated heterocycles. The molecule has 0 bridgehead atoms. The highest BCUT2D eigenvalue weighted by Gasteiger charge is 2.13. The zero-order valence-corrected chi connectivity index (χ0v) is 8.57. The minimum absolute atomic E-state index is 0.163. The Bertz CT molecular complexity index is 577. The lowest BCUT2D eigenvalue weighted by Crippen LogP contribution is -2.99. The van der Waals surface area contributed by atoms with Gasteiger partial charge in [0.15, 0.2) is 5.69 Å². The van der Waals surface area contributed by atoms with E-state index in [1.807, 2.05) is 0 Å². The Morgan fingerprint density at radius 1 is 1.38 bits per heavy atom. The Morgan fingerprint density at radius 2 is 2.12 bits per heavy atom. The van der Waals surface area contributed by atoms with Gasteiger partial charge in [0.05, 0.1) is 10.9 Å². The van der Waals surface area contributed by atoms with Gasteiger partial charge in [-0.25, -0.2) is 5.21 Å². The third kappa shape index (κ3) is 1.65. The summed E-state index contributed by atoms with van der Waals surface area (Å²) in [6.07, 6.45) is 0. The van der Waals surface area contributed by atoms with Crippen LogP contribution in [-0.2, 0) is 0 Å². The quantitative estimate of drug-likeness (QED) is 0.536. The van der Waals surface area contributed by atoms with Crippen LogP contribution in [0, 0.1) is 5.21 Å². The average Bonchev–Trinajstić information content (AvgIpc) is 2.26. The van der Waals surface area contributed by atoms with Crippen molar-refractivity contribution in [1.29, 1.82) is 0 Å². The third-order valence-electron chi connectivity index (χ3n) is 2.39. The topological polar surface area (TPSA) is 92.6 Å². The van der Waals surface area contributed by atoms with Gasteiger partial charge in [-0.15, -0.1) is 0 Å². The van der Waals surface area contributed by atoms with Gasteiger partial charge in [0.25, 0.3) is 0 Å². The molecular weight excluding hydrogens is 210 g/mol. The number of anilines is 1. The minimum Gasteiger partial charge on any atom is -0.595 e. The predicted octanol–water partition coefficient (Wildman–Crippen LogP) is -0.0268. The van der Waals surface area contributed by atoms with Crippen LogP contribution in [0.1, 0.15) is 0 Å². The summed E-state index contributed by atoms with van der Waals surface area (Å²) in [5.74, 6) is 0. The summed E-state index contributed by atoms with van der Waals surface area (Å²) < 4.78 is 0. The molecule has 1 unspecified atom stereocenters. The lowest BCUT2D eigenvalue weighted by molar-refractivity contribution is -0.990. The number of H-pyrrole nitrogens is 1. The van der Waals surface area contributed by atoms with Crippen molar-refractivity contribution in [2.24, 2.45) is 0 Å². The van der Waals surface area contributed by atoms with E-state index in [4.69, 9.17) is 5.21 Å². The fraction of sp³-hybridized carbons (Fsp3) is 0.100. The summed E-state index contributed by atoms with van der Waals surface area (Å²) in [7, 11) is 1.65. The average molecular weight is 221 g/mol. The highest BCUT2D eigenvalue weighted by molar-refractivity contribution is 5.93. The van der Waals surface area contributed by atoms with Crippen molar-refractivity contribution in [3.05, 3.63) is 39.8 Å². The zero-order chi connectivity index (χ0) is 11.7. The standard InChI is InChI=1S/C10H11N3O3/c1-11-8-4-3-7-6(10(8)13(15)16)2-5-9(14)12-7/h2-5,11,13,15H,1H3,(H,12,14). The Kier molecular flexibility index (Phi) is 2.61. The lowest BCUT2D eigenvalue weighted by Gasteiger charge is -2.17. The summed E-state index contributed by atoms with van der Waals surface area (Å²) in [6.45, 7) is 0. The van der Waals surface area contributed by atoms with E-state index in [-0.39, 0.29) is 11.2 Å². The Hall–Kier alpha value is -1.89. The van der Waals surface area contributed by atoms with Gasteiger partial charge in [-0.2, -0.15) is 5.23 Å². The zero-order valence-electron chi connectivity index (χ0n) is 8.57. The highest BCUT2D eigenvalue weighted by Crippen LogP contribution is 2.25. The van der Waals surface area contributed by atoms with Crippen molar-refractivity contribution in [3.8, 4) is 0 Å². The van der Waals surface area contributed by atoms with Crippen molar-refractivity contribution in [2.45, 2.75) is 0 Å². The number of aromatic nitrogens is 1. The van der Waals surface area contributed by atoms with Gasteiger partial charge >= 0.3 is 0 Å². The van der Waals surface area contributed by atoms with Crippen molar-refractivity contribution in [3.63, 3.8) is 0 Å². The number of aromatic amines is 1. The van der Waals surface area contributed by atoms with Gasteiger partial charge in [-0.1, -0.05) is 0 Å². The first-order chi connectivity index (χ1) is 7.63. The van der Waals surface area contributed by atoms with Gasteiger partial charge in [0, 0.05) is 13.1 Å². The van der Waals surface area contributed by atoms with Crippen molar-refractivity contribution >= 4 is 22.3 Å². The molecule has 0 aliphatic heterocycles. The molecule has 2 aromatic rings. The number of pyridine rings is 1. The highest BCUT2D eigenvalue weighted by atomic mass is 16.8. The summed E-state index contributed by atoms with van der Waals surface area (Å²) >= 11 is 0. The van der Waals surface area contributed by atoms with E-state index in [1.54, 1.807) is 19.2 Å². The van der Waals surface area contributed by atoms with Gasteiger partial charge < -0.3 is 15.5 Å². The molecule has 2 rings (SSSR count). The van der Waals surface area contributed by atoms with Crippen LogP contribution in [0.2, 0.25) is 0 Å². The molecule has 0 radical (unpaired) electrons. The van der Waals surface area contributed by atoms with Crippen LogP contribution in [0.25, 0.3) is 10.9 Å². The summed E-state index contributed by atoms with van der Waals surface area (Å²) in [6, 6.07) is 6.13. The molecule has 1 aromatic heterocycles. The number of benzene rings is 1. The molecule has 16 heavy (non-hydrogen) atoms. The molecule has 6 nitrogen and oxygen atoms in total. The first kappa shape index (κ1) is 10.6. The molecule has 0 aliphatic carbocycles. The molecule has 0 aliphatic rings. The maximum Gasteiger partial charge on any atom is 0.248 e. The monoisotopic (exact) mass is 221 g/mol. The van der Waals surface area contributed by atoms with E-state index in [2.05, 4.69) is 10.3 Å². The van der Waals surface area contributed by atoms with Crippen molar-refractivity contribution in [2.75, 3.05) is 12.4 Å². The number of fused-ring (bicyclic) bond motifs is 1. The molecule has 0 fully saturated rings. The van der Waals surface area contributed by atoms with E-state index in [9.17, 15) is 10.0 Å². The van der Waals surface area contributed by atoms with Crippen LogP contribution >= 0.6 is 0 Å². The molecule has 1 heterocycles. The summed E-state index contributed by atoms with van der Waals surface area (Å²) in [5, 5.41) is 22.6. The van der Waals surface area contributed by atoms with Crippen molar-refractivity contribution in [1.82, 2.24) is 4.98 Å². The molecular formula is C10H11N3O3. The molecule has 4 N–H and O–H groups in total. The number of nitrogens with one attached hydrogen (secondary N) is 3. The second kappa shape index (κ2) is 3.93. The van der Waals surface area contributed by atoms with Crippen molar-refractivity contribution < 1.29 is 10.4 Å². The van der Waals surface area contributed by atoms with Crippen LogP contribution in [0.5, 0.6) is 0 Å². The number of rotatable bonds is 2. The van der Waals surface area contributed by atoms with Crippen LogP contribution in [-0.4, -0.2) is 17.2 Å². The normalized spacial score (nSPS) is 12.7. The molecule has 1 aromatic carbocycles.